The van der Waals surface area contributed by atoms with Gasteiger partial charge in [-0.25, -0.2) is 4.68 Å². The summed E-state index contributed by atoms with van der Waals surface area (Å²) in [6, 6.07) is 14.9. The highest BCUT2D eigenvalue weighted by Gasteiger charge is 2.19. The lowest BCUT2D eigenvalue weighted by Crippen LogP contribution is -2.26. The summed E-state index contributed by atoms with van der Waals surface area (Å²) < 4.78 is 1.41. The van der Waals surface area contributed by atoms with Gasteiger partial charge in [0.2, 0.25) is 0 Å². The number of rotatable bonds is 5. The van der Waals surface area contributed by atoms with Gasteiger partial charge in [0.25, 0.3) is 5.56 Å². The largest absolute Gasteiger partial charge is 0.505 e. The molecule has 0 unspecified atom stereocenters. The molecule has 0 aliphatic carbocycles. The molecular formula is C21H21ClN2O2. The second kappa shape index (κ2) is 7.75. The molecule has 3 aromatic rings. The van der Waals surface area contributed by atoms with Crippen LogP contribution in [0.1, 0.15) is 30.2 Å². The maximum Gasteiger partial charge on any atom is 0.278 e. The summed E-state index contributed by atoms with van der Waals surface area (Å²) in [6.07, 6.45) is 1.42. The molecule has 0 spiro atoms. The third kappa shape index (κ3) is 3.65. The third-order valence-electron chi connectivity index (χ3n) is 4.32. The number of aromatic hydroxyl groups is 1. The van der Waals surface area contributed by atoms with Crippen molar-refractivity contribution in [2.75, 3.05) is 0 Å². The SMILES string of the molecule is CCCc1nn(Cc2cccc(Cl)c2)c(=O)c(-c2ccccc2C)c1O. The lowest BCUT2D eigenvalue weighted by molar-refractivity contribution is 0.452. The quantitative estimate of drug-likeness (QED) is 0.717. The van der Waals surface area contributed by atoms with E-state index in [2.05, 4.69) is 5.10 Å². The highest BCUT2D eigenvalue weighted by Crippen LogP contribution is 2.30. The molecule has 1 N–H and O–H groups in total. The molecule has 0 atom stereocenters. The number of aromatic nitrogens is 2. The molecule has 4 nitrogen and oxygen atoms in total. The number of nitrogens with zero attached hydrogens (tertiary/aromatic N) is 2. The van der Waals surface area contributed by atoms with E-state index in [1.807, 2.05) is 56.3 Å². The summed E-state index contributed by atoms with van der Waals surface area (Å²) in [7, 11) is 0. The molecule has 0 radical (unpaired) electrons. The van der Waals surface area contributed by atoms with E-state index in [4.69, 9.17) is 11.6 Å². The Labute approximate surface area is 157 Å². The molecule has 0 amide bonds. The van der Waals surface area contributed by atoms with E-state index >= 15 is 0 Å². The zero-order valence-corrected chi connectivity index (χ0v) is 15.6. The molecule has 0 saturated carbocycles. The smallest absolute Gasteiger partial charge is 0.278 e. The lowest BCUT2D eigenvalue weighted by Gasteiger charge is -2.14. The van der Waals surface area contributed by atoms with Crippen molar-refractivity contribution in [2.45, 2.75) is 33.2 Å². The van der Waals surface area contributed by atoms with E-state index in [1.165, 1.54) is 4.68 Å². The van der Waals surface area contributed by atoms with Gasteiger partial charge in [0.15, 0.2) is 5.75 Å². The van der Waals surface area contributed by atoms with Gasteiger partial charge in [-0.15, -0.1) is 0 Å². The Bertz CT molecular complexity index is 996. The molecule has 1 heterocycles. The van der Waals surface area contributed by atoms with Crippen molar-refractivity contribution in [3.8, 4) is 16.9 Å². The van der Waals surface area contributed by atoms with Crippen molar-refractivity contribution in [3.05, 3.63) is 80.7 Å². The van der Waals surface area contributed by atoms with E-state index in [0.29, 0.717) is 29.2 Å². The maximum atomic E-state index is 13.1. The van der Waals surface area contributed by atoms with Crippen molar-refractivity contribution >= 4 is 11.6 Å². The molecule has 1 aromatic heterocycles. The second-order valence-corrected chi connectivity index (χ2v) is 6.76. The first-order valence-corrected chi connectivity index (χ1v) is 9.02. The van der Waals surface area contributed by atoms with Crippen LogP contribution in [0.3, 0.4) is 0 Å². The van der Waals surface area contributed by atoms with Gasteiger partial charge in [0.1, 0.15) is 5.69 Å². The molecular weight excluding hydrogens is 348 g/mol. The molecule has 26 heavy (non-hydrogen) atoms. The predicted octanol–water partition coefficient (Wildman–Crippen LogP) is 4.58. The molecule has 0 aliphatic heterocycles. The molecule has 0 saturated heterocycles. The topological polar surface area (TPSA) is 55.1 Å². The molecule has 2 aromatic carbocycles. The van der Waals surface area contributed by atoms with Crippen molar-refractivity contribution in [3.63, 3.8) is 0 Å². The van der Waals surface area contributed by atoms with Crippen LogP contribution in [0.4, 0.5) is 0 Å². The summed E-state index contributed by atoms with van der Waals surface area (Å²) in [5, 5.41) is 15.7. The van der Waals surface area contributed by atoms with E-state index in [0.717, 1.165) is 23.1 Å². The minimum atomic E-state index is -0.309. The van der Waals surface area contributed by atoms with Crippen molar-refractivity contribution in [1.29, 1.82) is 0 Å². The van der Waals surface area contributed by atoms with Gasteiger partial charge in [-0.2, -0.15) is 5.10 Å². The molecule has 0 fully saturated rings. The lowest BCUT2D eigenvalue weighted by atomic mass is 10.00. The Hall–Kier alpha value is -2.59. The fraction of sp³-hybridized carbons (Fsp3) is 0.238. The van der Waals surface area contributed by atoms with E-state index in [-0.39, 0.29) is 11.3 Å². The molecule has 0 aliphatic rings. The monoisotopic (exact) mass is 368 g/mol. The van der Waals surface area contributed by atoms with Crippen molar-refractivity contribution in [1.82, 2.24) is 9.78 Å². The van der Waals surface area contributed by atoms with Crippen LogP contribution in [-0.4, -0.2) is 14.9 Å². The molecule has 134 valence electrons. The number of benzene rings is 2. The highest BCUT2D eigenvalue weighted by atomic mass is 35.5. The van der Waals surface area contributed by atoms with Crippen LogP contribution in [0, 0.1) is 6.92 Å². The number of hydrogen-bond acceptors (Lipinski definition) is 3. The van der Waals surface area contributed by atoms with Crippen LogP contribution in [0.2, 0.25) is 5.02 Å². The van der Waals surface area contributed by atoms with Crippen LogP contribution in [-0.2, 0) is 13.0 Å². The predicted molar refractivity (Wildman–Crippen MR) is 105 cm³/mol. The Morgan fingerprint density at radius 2 is 1.92 bits per heavy atom. The van der Waals surface area contributed by atoms with E-state index in [9.17, 15) is 9.90 Å². The Morgan fingerprint density at radius 1 is 1.15 bits per heavy atom. The number of hydrogen-bond donors (Lipinski definition) is 1. The van der Waals surface area contributed by atoms with Gasteiger partial charge in [-0.05, 0) is 42.2 Å². The fourth-order valence-corrected chi connectivity index (χ4v) is 3.24. The highest BCUT2D eigenvalue weighted by molar-refractivity contribution is 6.30. The average Bonchev–Trinajstić information content (AvgIpc) is 2.61. The van der Waals surface area contributed by atoms with E-state index < -0.39 is 0 Å². The van der Waals surface area contributed by atoms with Gasteiger partial charge < -0.3 is 5.11 Å². The summed E-state index contributed by atoms with van der Waals surface area (Å²) in [5.41, 5.74) is 3.08. The van der Waals surface area contributed by atoms with E-state index in [1.54, 1.807) is 6.07 Å². The van der Waals surface area contributed by atoms with Crippen LogP contribution in [0.25, 0.3) is 11.1 Å². The van der Waals surface area contributed by atoms with Gasteiger partial charge in [-0.1, -0.05) is 61.3 Å². The zero-order valence-electron chi connectivity index (χ0n) is 14.9. The second-order valence-electron chi connectivity index (χ2n) is 6.33. The first-order valence-electron chi connectivity index (χ1n) is 8.64. The normalized spacial score (nSPS) is 10.9. The standard InChI is InChI=1S/C21H21ClN2O2/c1-3-7-18-20(25)19(17-11-5-4-8-14(17)2)21(26)24(23-18)13-15-9-6-10-16(22)12-15/h4-6,8-12,25H,3,7,13H2,1-2H3. The van der Waals surface area contributed by atoms with Crippen molar-refractivity contribution in [2.24, 2.45) is 0 Å². The first-order chi connectivity index (χ1) is 12.5. The van der Waals surface area contributed by atoms with Crippen LogP contribution in [0.5, 0.6) is 5.75 Å². The summed E-state index contributed by atoms with van der Waals surface area (Å²) >= 11 is 6.06. The van der Waals surface area contributed by atoms with Gasteiger partial charge in [0, 0.05) is 5.02 Å². The van der Waals surface area contributed by atoms with Crippen LogP contribution >= 0.6 is 11.6 Å². The molecule has 3 rings (SSSR count). The third-order valence-corrected chi connectivity index (χ3v) is 4.56. The molecule has 0 bridgehead atoms. The Kier molecular flexibility index (Phi) is 5.43. The Morgan fingerprint density at radius 3 is 2.62 bits per heavy atom. The van der Waals surface area contributed by atoms with Crippen molar-refractivity contribution < 1.29 is 5.11 Å². The van der Waals surface area contributed by atoms with Gasteiger partial charge >= 0.3 is 0 Å². The van der Waals surface area contributed by atoms with Crippen LogP contribution in [0.15, 0.2) is 53.3 Å². The Balaban J connectivity index is 2.19. The average molecular weight is 369 g/mol. The first kappa shape index (κ1) is 18.2. The summed E-state index contributed by atoms with van der Waals surface area (Å²) in [5.74, 6) is -0.0199. The zero-order chi connectivity index (χ0) is 18.7. The van der Waals surface area contributed by atoms with Crippen LogP contribution < -0.4 is 5.56 Å². The summed E-state index contributed by atoms with van der Waals surface area (Å²) in [4.78, 5) is 13.1. The number of halogens is 1. The van der Waals surface area contributed by atoms with Gasteiger partial charge in [-0.3, -0.25) is 4.79 Å². The minimum absolute atomic E-state index is 0.0199. The minimum Gasteiger partial charge on any atom is -0.505 e. The fourth-order valence-electron chi connectivity index (χ4n) is 3.03. The van der Waals surface area contributed by atoms with Gasteiger partial charge in [0.05, 0.1) is 12.1 Å². The maximum absolute atomic E-state index is 13.1. The number of aryl methyl sites for hydroxylation is 2. The molecule has 5 heteroatoms. The summed E-state index contributed by atoms with van der Waals surface area (Å²) in [6.45, 7) is 4.24.